The molecular weight excluding hydrogens is 180 g/mol. The van der Waals surface area contributed by atoms with Crippen LogP contribution in [0.1, 0.15) is 6.42 Å². The Labute approximate surface area is 81.3 Å². The van der Waals surface area contributed by atoms with Crippen molar-refractivity contribution < 1.29 is 4.42 Å². The quantitative estimate of drug-likeness (QED) is 0.706. The average Bonchev–Trinajstić information content (AvgIpc) is 2.67. The van der Waals surface area contributed by atoms with Gasteiger partial charge in [-0.15, -0.1) is 0 Å². The van der Waals surface area contributed by atoms with E-state index in [9.17, 15) is 0 Å². The van der Waals surface area contributed by atoms with E-state index < -0.39 is 0 Å². The van der Waals surface area contributed by atoms with Crippen molar-refractivity contribution >= 4 is 16.9 Å². The standard InChI is InChI=1S/C9H12N4O/c10-3-1-4-11-7-2-5-12-9-8(7)13-6-14-9/h2,5-6H,1,3-4,10H2,(H,11,12). The third-order valence-corrected chi connectivity index (χ3v) is 1.93. The Balaban J connectivity index is 2.19. The van der Waals surface area contributed by atoms with Gasteiger partial charge in [0.25, 0.3) is 0 Å². The van der Waals surface area contributed by atoms with Crippen LogP contribution in [0.15, 0.2) is 23.1 Å². The van der Waals surface area contributed by atoms with Crippen molar-refractivity contribution in [3.8, 4) is 0 Å². The van der Waals surface area contributed by atoms with Gasteiger partial charge in [-0.1, -0.05) is 0 Å². The number of pyridine rings is 1. The van der Waals surface area contributed by atoms with E-state index >= 15 is 0 Å². The van der Waals surface area contributed by atoms with Crippen LogP contribution >= 0.6 is 0 Å². The lowest BCUT2D eigenvalue weighted by Gasteiger charge is -2.04. The van der Waals surface area contributed by atoms with Crippen molar-refractivity contribution in [1.82, 2.24) is 9.97 Å². The van der Waals surface area contributed by atoms with Gasteiger partial charge in [0, 0.05) is 12.7 Å². The molecule has 3 N–H and O–H groups in total. The summed E-state index contributed by atoms with van der Waals surface area (Å²) < 4.78 is 5.08. The molecule has 0 bridgehead atoms. The summed E-state index contributed by atoms with van der Waals surface area (Å²) in [6, 6.07) is 1.88. The molecule has 0 unspecified atom stereocenters. The maximum Gasteiger partial charge on any atom is 0.248 e. The van der Waals surface area contributed by atoms with Gasteiger partial charge in [0.15, 0.2) is 11.9 Å². The zero-order valence-corrected chi connectivity index (χ0v) is 7.73. The Morgan fingerprint density at radius 3 is 3.21 bits per heavy atom. The second-order valence-electron chi connectivity index (χ2n) is 2.93. The molecule has 0 amide bonds. The highest BCUT2D eigenvalue weighted by Crippen LogP contribution is 2.18. The first-order valence-electron chi connectivity index (χ1n) is 4.54. The van der Waals surface area contributed by atoms with E-state index in [2.05, 4.69) is 15.3 Å². The lowest BCUT2D eigenvalue weighted by atomic mass is 10.3. The molecule has 5 heteroatoms. The predicted molar refractivity (Wildman–Crippen MR) is 54.0 cm³/mol. The highest BCUT2D eigenvalue weighted by molar-refractivity contribution is 5.83. The first-order valence-corrected chi connectivity index (χ1v) is 4.54. The molecule has 0 spiro atoms. The van der Waals surface area contributed by atoms with Gasteiger partial charge in [-0.2, -0.15) is 0 Å². The maximum atomic E-state index is 5.40. The second-order valence-corrected chi connectivity index (χ2v) is 2.93. The minimum Gasteiger partial charge on any atom is -0.425 e. The van der Waals surface area contributed by atoms with Crippen LogP contribution in [-0.4, -0.2) is 23.1 Å². The summed E-state index contributed by atoms with van der Waals surface area (Å²) in [5.74, 6) is 0. The van der Waals surface area contributed by atoms with Crippen molar-refractivity contribution in [1.29, 1.82) is 0 Å². The molecule has 0 fully saturated rings. The van der Waals surface area contributed by atoms with E-state index in [0.717, 1.165) is 24.2 Å². The van der Waals surface area contributed by atoms with Gasteiger partial charge in [-0.05, 0) is 19.0 Å². The third-order valence-electron chi connectivity index (χ3n) is 1.93. The fourth-order valence-corrected chi connectivity index (χ4v) is 1.24. The van der Waals surface area contributed by atoms with E-state index in [-0.39, 0.29) is 0 Å². The number of aromatic nitrogens is 2. The van der Waals surface area contributed by atoms with E-state index in [4.69, 9.17) is 10.2 Å². The number of rotatable bonds is 4. The molecule has 0 aromatic carbocycles. The minimum absolute atomic E-state index is 0.558. The Kier molecular flexibility index (Phi) is 2.60. The van der Waals surface area contributed by atoms with Crippen LogP contribution in [0.25, 0.3) is 11.2 Å². The van der Waals surface area contributed by atoms with Crippen LogP contribution in [0.3, 0.4) is 0 Å². The fraction of sp³-hybridized carbons (Fsp3) is 0.333. The summed E-state index contributed by atoms with van der Waals surface area (Å²) in [4.78, 5) is 8.11. The van der Waals surface area contributed by atoms with Gasteiger partial charge in [-0.3, -0.25) is 0 Å². The van der Waals surface area contributed by atoms with Crippen molar-refractivity contribution in [2.75, 3.05) is 18.4 Å². The van der Waals surface area contributed by atoms with E-state index in [1.807, 2.05) is 6.07 Å². The molecule has 0 atom stereocenters. The number of nitrogens with zero attached hydrogens (tertiary/aromatic N) is 2. The van der Waals surface area contributed by atoms with Gasteiger partial charge in [0.2, 0.25) is 5.71 Å². The highest BCUT2D eigenvalue weighted by atomic mass is 16.3. The maximum absolute atomic E-state index is 5.40. The number of oxazole rings is 1. The molecule has 2 aromatic heterocycles. The van der Waals surface area contributed by atoms with Crippen molar-refractivity contribution in [2.45, 2.75) is 6.42 Å². The number of fused-ring (bicyclic) bond motifs is 1. The Morgan fingerprint density at radius 1 is 1.43 bits per heavy atom. The van der Waals surface area contributed by atoms with E-state index in [1.54, 1.807) is 6.20 Å². The fourth-order valence-electron chi connectivity index (χ4n) is 1.24. The number of nitrogens with two attached hydrogens (primary N) is 1. The monoisotopic (exact) mass is 192 g/mol. The third kappa shape index (κ3) is 1.67. The number of anilines is 1. The highest BCUT2D eigenvalue weighted by Gasteiger charge is 2.04. The summed E-state index contributed by atoms with van der Waals surface area (Å²) in [6.45, 7) is 1.52. The summed E-state index contributed by atoms with van der Waals surface area (Å²) in [7, 11) is 0. The number of hydrogen-bond acceptors (Lipinski definition) is 5. The minimum atomic E-state index is 0.558. The summed E-state index contributed by atoms with van der Waals surface area (Å²) in [5, 5.41) is 3.23. The molecule has 2 heterocycles. The predicted octanol–water partition coefficient (Wildman–Crippen LogP) is 0.983. The summed E-state index contributed by atoms with van der Waals surface area (Å²) in [5.41, 5.74) is 7.67. The molecule has 0 radical (unpaired) electrons. The molecule has 0 aliphatic rings. The topological polar surface area (TPSA) is 77.0 Å². The lowest BCUT2D eigenvalue weighted by molar-refractivity contribution is 0.590. The molecular formula is C9H12N4O. The zero-order chi connectivity index (χ0) is 9.80. The van der Waals surface area contributed by atoms with Crippen LogP contribution in [-0.2, 0) is 0 Å². The van der Waals surface area contributed by atoms with Crippen LogP contribution < -0.4 is 11.1 Å². The zero-order valence-electron chi connectivity index (χ0n) is 7.73. The van der Waals surface area contributed by atoms with Crippen molar-refractivity contribution in [3.05, 3.63) is 18.7 Å². The Hall–Kier alpha value is -1.62. The van der Waals surface area contributed by atoms with Crippen molar-refractivity contribution in [2.24, 2.45) is 5.73 Å². The molecule has 0 aliphatic carbocycles. The molecule has 0 aliphatic heterocycles. The second kappa shape index (κ2) is 4.06. The normalized spacial score (nSPS) is 10.6. The Bertz CT molecular complexity index is 412. The number of hydrogen-bond donors (Lipinski definition) is 2. The molecule has 5 nitrogen and oxygen atoms in total. The largest absolute Gasteiger partial charge is 0.425 e. The van der Waals surface area contributed by atoms with Crippen LogP contribution in [0.5, 0.6) is 0 Å². The summed E-state index contributed by atoms with van der Waals surface area (Å²) in [6.07, 6.45) is 4.02. The Morgan fingerprint density at radius 2 is 2.36 bits per heavy atom. The molecule has 0 saturated carbocycles. The molecule has 14 heavy (non-hydrogen) atoms. The van der Waals surface area contributed by atoms with Gasteiger partial charge < -0.3 is 15.5 Å². The molecule has 2 rings (SSSR count). The van der Waals surface area contributed by atoms with E-state index in [0.29, 0.717) is 12.3 Å². The van der Waals surface area contributed by atoms with Crippen LogP contribution in [0.4, 0.5) is 5.69 Å². The van der Waals surface area contributed by atoms with Gasteiger partial charge >= 0.3 is 0 Å². The number of nitrogens with one attached hydrogen (secondary N) is 1. The molecule has 0 saturated heterocycles. The van der Waals surface area contributed by atoms with Gasteiger partial charge in [0.05, 0.1) is 5.69 Å². The van der Waals surface area contributed by atoms with Crippen LogP contribution in [0.2, 0.25) is 0 Å². The molecule has 2 aromatic rings. The molecule has 74 valence electrons. The van der Waals surface area contributed by atoms with Gasteiger partial charge in [0.1, 0.15) is 0 Å². The van der Waals surface area contributed by atoms with Gasteiger partial charge in [-0.25, -0.2) is 9.97 Å². The smallest absolute Gasteiger partial charge is 0.248 e. The van der Waals surface area contributed by atoms with Crippen molar-refractivity contribution in [3.63, 3.8) is 0 Å². The average molecular weight is 192 g/mol. The summed E-state index contributed by atoms with van der Waals surface area (Å²) >= 11 is 0. The SMILES string of the molecule is NCCCNc1ccnc2ocnc12. The van der Waals surface area contributed by atoms with Crippen LogP contribution in [0, 0.1) is 0 Å². The first kappa shape index (κ1) is 8.96. The first-order chi connectivity index (χ1) is 6.92. The van der Waals surface area contributed by atoms with E-state index in [1.165, 1.54) is 6.39 Å². The lowest BCUT2D eigenvalue weighted by Crippen LogP contribution is -2.08.